The van der Waals surface area contributed by atoms with Gasteiger partial charge in [-0.1, -0.05) is 44.2 Å². The Bertz CT molecular complexity index is 1530. The molecule has 0 aliphatic rings. The number of nitrogens with zero attached hydrogens (tertiary/aromatic N) is 1. The summed E-state index contributed by atoms with van der Waals surface area (Å²) in [5.41, 5.74) is 6.26. The molecule has 0 aromatic heterocycles. The molecule has 0 heterocycles. The molecular weight excluding hydrogens is 587 g/mol. The van der Waals surface area contributed by atoms with Crippen molar-refractivity contribution in [1.29, 1.82) is 0 Å². The Hall–Kier alpha value is -4.00. The van der Waals surface area contributed by atoms with Gasteiger partial charge in [0.15, 0.2) is 0 Å². The van der Waals surface area contributed by atoms with Crippen molar-refractivity contribution in [2.75, 3.05) is 24.1 Å². The highest BCUT2D eigenvalue weighted by molar-refractivity contribution is 7.89. The van der Waals surface area contributed by atoms with E-state index in [0.717, 1.165) is 17.7 Å². The van der Waals surface area contributed by atoms with E-state index in [0.29, 0.717) is 0 Å². The normalized spacial score (nSPS) is 13.4. The first-order valence-electron chi connectivity index (χ1n) is 14.2. The largest absolute Gasteiger partial charge is 0.444 e. The number of halogens is 1. The van der Waals surface area contributed by atoms with Crippen LogP contribution < -0.4 is 16.4 Å². The summed E-state index contributed by atoms with van der Waals surface area (Å²) >= 11 is 0. The van der Waals surface area contributed by atoms with Crippen molar-refractivity contribution in [1.82, 2.24) is 9.62 Å². The van der Waals surface area contributed by atoms with Gasteiger partial charge in [-0.05, 0) is 81.1 Å². The first kappa shape index (κ1) is 34.5. The number of alkyl carbamates (subject to hydrolysis) is 1. The molecule has 3 aromatic carbocycles. The predicted octanol–water partition coefficient (Wildman–Crippen LogP) is 4.80. The van der Waals surface area contributed by atoms with E-state index in [1.165, 1.54) is 34.6 Å². The van der Waals surface area contributed by atoms with E-state index in [-0.39, 0.29) is 47.3 Å². The van der Waals surface area contributed by atoms with Gasteiger partial charge in [0.05, 0.1) is 28.4 Å². The molecule has 2 amide bonds. The minimum atomic E-state index is -4.13. The molecule has 0 saturated carbocycles. The van der Waals surface area contributed by atoms with Crippen molar-refractivity contribution < 1.29 is 32.2 Å². The molecule has 0 unspecified atom stereocenters. The zero-order valence-electron chi connectivity index (χ0n) is 25.6. The standard InChI is InChI=1S/C32H41FN4O6S/c1-21(2)19-37(20-29(38)28(17-22-9-7-6-8-10-22)36-31(40)43-32(3,4)5)44(41,42)25-14-11-23(12-15-25)30(39)35-27-16-13-24(33)18-26(27)34/h6-16,18,21,28-29,38H,17,19-20,34H2,1-5H3,(H,35,39)(H,36,40)/t28-,29+/m0/s1. The molecule has 238 valence electrons. The number of nitrogen functional groups attached to an aromatic ring is 1. The van der Waals surface area contributed by atoms with Gasteiger partial charge in [0.1, 0.15) is 11.4 Å². The quantitative estimate of drug-likeness (QED) is 0.210. The Morgan fingerprint density at radius 1 is 1.00 bits per heavy atom. The number of amides is 2. The summed E-state index contributed by atoms with van der Waals surface area (Å²) in [5, 5.41) is 16.6. The first-order valence-corrected chi connectivity index (χ1v) is 15.7. The number of sulfonamides is 1. The number of anilines is 2. The molecule has 0 spiro atoms. The molecule has 2 atom stereocenters. The smallest absolute Gasteiger partial charge is 0.407 e. The number of hydrogen-bond donors (Lipinski definition) is 4. The Morgan fingerprint density at radius 3 is 2.20 bits per heavy atom. The van der Waals surface area contributed by atoms with Gasteiger partial charge in [-0.3, -0.25) is 4.79 Å². The van der Waals surface area contributed by atoms with Crippen molar-refractivity contribution in [2.24, 2.45) is 5.92 Å². The minimum absolute atomic E-state index is 0.0483. The third kappa shape index (κ3) is 10.0. The van der Waals surface area contributed by atoms with Gasteiger partial charge in [0.25, 0.3) is 5.91 Å². The van der Waals surface area contributed by atoms with Crippen molar-refractivity contribution >= 4 is 33.4 Å². The number of hydrogen-bond acceptors (Lipinski definition) is 7. The summed E-state index contributed by atoms with van der Waals surface area (Å²) in [5.74, 6) is -1.19. The van der Waals surface area contributed by atoms with Gasteiger partial charge in [-0.15, -0.1) is 0 Å². The maximum absolute atomic E-state index is 13.8. The fraction of sp³-hybridized carbons (Fsp3) is 0.375. The molecule has 0 fully saturated rings. The van der Waals surface area contributed by atoms with E-state index in [2.05, 4.69) is 10.6 Å². The Morgan fingerprint density at radius 2 is 1.64 bits per heavy atom. The van der Waals surface area contributed by atoms with E-state index in [1.807, 2.05) is 44.2 Å². The van der Waals surface area contributed by atoms with Crippen LogP contribution in [0.2, 0.25) is 0 Å². The topological polar surface area (TPSA) is 151 Å². The molecule has 10 nitrogen and oxygen atoms in total. The van der Waals surface area contributed by atoms with Crippen LogP contribution >= 0.6 is 0 Å². The summed E-state index contributed by atoms with van der Waals surface area (Å²) < 4.78 is 47.5. The maximum Gasteiger partial charge on any atom is 0.407 e. The van der Waals surface area contributed by atoms with Gasteiger partial charge in [-0.25, -0.2) is 17.6 Å². The third-order valence-electron chi connectivity index (χ3n) is 6.44. The van der Waals surface area contributed by atoms with E-state index in [4.69, 9.17) is 10.5 Å². The van der Waals surface area contributed by atoms with E-state index in [1.54, 1.807) is 20.8 Å². The van der Waals surface area contributed by atoms with Gasteiger partial charge < -0.3 is 26.2 Å². The van der Waals surface area contributed by atoms with Gasteiger partial charge in [0.2, 0.25) is 10.0 Å². The lowest BCUT2D eigenvalue weighted by molar-refractivity contribution is 0.0400. The molecule has 12 heteroatoms. The zero-order valence-corrected chi connectivity index (χ0v) is 26.4. The van der Waals surface area contributed by atoms with Crippen molar-refractivity contribution in [3.05, 3.63) is 89.7 Å². The highest BCUT2D eigenvalue weighted by atomic mass is 32.2. The van der Waals surface area contributed by atoms with Crippen molar-refractivity contribution in [3.63, 3.8) is 0 Å². The Balaban J connectivity index is 1.82. The van der Waals surface area contributed by atoms with Crippen LogP contribution in [-0.2, 0) is 21.2 Å². The molecule has 0 saturated heterocycles. The van der Waals surface area contributed by atoms with Crippen LogP contribution in [0.15, 0.2) is 77.7 Å². The molecule has 0 aliphatic heterocycles. The second kappa shape index (κ2) is 14.7. The van der Waals surface area contributed by atoms with Gasteiger partial charge in [-0.2, -0.15) is 4.31 Å². The molecular formula is C32H41FN4O6S. The van der Waals surface area contributed by atoms with Crippen LogP contribution in [0, 0.1) is 11.7 Å². The monoisotopic (exact) mass is 628 g/mol. The number of aliphatic hydroxyl groups excluding tert-OH is 1. The van der Waals surface area contributed by atoms with Crippen molar-refractivity contribution in [3.8, 4) is 0 Å². The number of carbonyl (C=O) groups is 2. The minimum Gasteiger partial charge on any atom is -0.444 e. The highest BCUT2D eigenvalue weighted by Gasteiger charge is 2.32. The second-order valence-corrected chi connectivity index (χ2v) is 13.9. The molecule has 5 N–H and O–H groups in total. The molecule has 0 aliphatic carbocycles. The summed E-state index contributed by atoms with van der Waals surface area (Å²) in [7, 11) is -4.13. The first-order chi connectivity index (χ1) is 20.5. The van der Waals surface area contributed by atoms with Crippen LogP contribution in [0.1, 0.15) is 50.5 Å². The SMILES string of the molecule is CC(C)CN(C[C@@H](O)[C@H](Cc1ccccc1)NC(=O)OC(C)(C)C)S(=O)(=O)c1ccc(C(=O)Nc2ccc(F)cc2N)cc1. The second-order valence-electron chi connectivity index (χ2n) is 11.9. The van der Waals surface area contributed by atoms with Crippen LogP contribution in [0.3, 0.4) is 0 Å². The van der Waals surface area contributed by atoms with Crippen LogP contribution in [0.4, 0.5) is 20.6 Å². The summed E-state index contributed by atoms with van der Waals surface area (Å²) in [6.45, 7) is 8.65. The lowest BCUT2D eigenvalue weighted by Crippen LogP contribution is -2.51. The van der Waals surface area contributed by atoms with E-state index in [9.17, 15) is 27.5 Å². The molecule has 3 aromatic rings. The predicted molar refractivity (Wildman–Crippen MR) is 168 cm³/mol. The summed E-state index contributed by atoms with van der Waals surface area (Å²) in [6.07, 6.45) is -1.78. The number of rotatable bonds is 12. The molecule has 0 radical (unpaired) electrons. The fourth-order valence-corrected chi connectivity index (χ4v) is 6.01. The van der Waals surface area contributed by atoms with E-state index >= 15 is 0 Å². The lowest BCUT2D eigenvalue weighted by Gasteiger charge is -2.31. The van der Waals surface area contributed by atoms with E-state index < -0.39 is 45.6 Å². The number of ether oxygens (including phenoxy) is 1. The maximum atomic E-state index is 13.8. The fourth-order valence-electron chi connectivity index (χ4n) is 4.39. The molecule has 0 bridgehead atoms. The molecule has 44 heavy (non-hydrogen) atoms. The summed E-state index contributed by atoms with van der Waals surface area (Å²) in [6, 6.07) is 17.2. The average molecular weight is 629 g/mol. The number of nitrogens with two attached hydrogens (primary N) is 1. The molecule has 3 rings (SSSR count). The highest BCUT2D eigenvalue weighted by Crippen LogP contribution is 2.23. The Labute approximate surface area is 258 Å². The number of nitrogens with one attached hydrogen (secondary N) is 2. The average Bonchev–Trinajstić information content (AvgIpc) is 2.93. The third-order valence-corrected chi connectivity index (χ3v) is 8.29. The van der Waals surface area contributed by atoms with Crippen LogP contribution in [0.25, 0.3) is 0 Å². The number of benzene rings is 3. The van der Waals surface area contributed by atoms with Gasteiger partial charge >= 0.3 is 6.09 Å². The zero-order chi connectivity index (χ0) is 32.7. The summed E-state index contributed by atoms with van der Waals surface area (Å²) in [4.78, 5) is 25.3. The number of aliphatic hydroxyl groups is 1. The number of carbonyl (C=O) groups excluding carboxylic acids is 2. The lowest BCUT2D eigenvalue weighted by atomic mass is 10.0. The van der Waals surface area contributed by atoms with Crippen LogP contribution in [0.5, 0.6) is 0 Å². The van der Waals surface area contributed by atoms with Gasteiger partial charge in [0, 0.05) is 18.7 Å². The van der Waals surface area contributed by atoms with Crippen LogP contribution in [-0.4, -0.2) is 60.7 Å². The van der Waals surface area contributed by atoms with Crippen molar-refractivity contribution in [2.45, 2.75) is 63.7 Å². The Kier molecular flexibility index (Phi) is 11.5.